The molecule has 0 spiro atoms. The van der Waals surface area contributed by atoms with E-state index < -0.39 is 16.6 Å². The molecule has 1 aromatic carbocycles. The Morgan fingerprint density at radius 2 is 1.56 bits per heavy atom. The summed E-state index contributed by atoms with van der Waals surface area (Å²) in [6, 6.07) is 9.63. The minimum absolute atomic E-state index is 0.100. The van der Waals surface area contributed by atoms with E-state index in [4.69, 9.17) is 10.5 Å². The predicted molar refractivity (Wildman–Crippen MR) is 161 cm³/mol. The minimum Gasteiger partial charge on any atom is -0.462 e. The molecule has 1 unspecified atom stereocenters. The molecule has 224 valence electrons. The Morgan fingerprint density at radius 3 is 2.22 bits per heavy atom. The van der Waals surface area contributed by atoms with Gasteiger partial charge in [-0.15, -0.1) is 0 Å². The van der Waals surface area contributed by atoms with Gasteiger partial charge in [0, 0.05) is 23.2 Å². The van der Waals surface area contributed by atoms with Crippen LogP contribution in [-0.4, -0.2) is 22.6 Å². The standard InChI is InChI=1S/C36H51NO4/c1-30(2)27-13-14-35(7)28(33(27,5)18-20-36(30,40)41-23-11-9-8-10-12-23)26(38)21-24-25-22-32(4,29(37)39)16-15-31(25,3)17-19-34(24,35)6/h8-12,21,25,27-28,40H,13-20,22H2,1-7H3,(H2,37,39)/t25-,27?,28+,31+,32-,33-,34+,35+,36-/m0/s1. The molecule has 0 aromatic heterocycles. The maximum atomic E-state index is 14.6. The first-order valence-corrected chi connectivity index (χ1v) is 16.0. The number of aliphatic hydroxyl groups is 1. The molecule has 0 aliphatic heterocycles. The van der Waals surface area contributed by atoms with Crippen molar-refractivity contribution in [1.29, 1.82) is 0 Å². The van der Waals surface area contributed by atoms with Gasteiger partial charge in [0.2, 0.25) is 11.7 Å². The number of allylic oxidation sites excluding steroid dienone is 2. The van der Waals surface area contributed by atoms with Crippen molar-refractivity contribution in [2.75, 3.05) is 0 Å². The largest absolute Gasteiger partial charge is 0.462 e. The predicted octanol–water partition coefficient (Wildman–Crippen LogP) is 7.22. The van der Waals surface area contributed by atoms with Crippen molar-refractivity contribution in [3.05, 3.63) is 42.0 Å². The summed E-state index contributed by atoms with van der Waals surface area (Å²) in [6.45, 7) is 15.9. The maximum absolute atomic E-state index is 14.6. The fraction of sp³-hybridized carbons (Fsp3) is 0.722. The third kappa shape index (κ3) is 3.69. The molecule has 0 radical (unpaired) electrons. The molecule has 0 bridgehead atoms. The molecular formula is C36H51NO4. The molecule has 4 saturated carbocycles. The monoisotopic (exact) mass is 561 g/mol. The van der Waals surface area contributed by atoms with Crippen LogP contribution in [0.4, 0.5) is 0 Å². The lowest BCUT2D eigenvalue weighted by atomic mass is 9.33. The van der Waals surface area contributed by atoms with Gasteiger partial charge in [0.25, 0.3) is 0 Å². The second-order valence-corrected chi connectivity index (χ2v) is 16.5. The fourth-order valence-electron chi connectivity index (χ4n) is 11.2. The first-order chi connectivity index (χ1) is 19.0. The number of hydrogen-bond acceptors (Lipinski definition) is 4. The molecule has 5 nitrogen and oxygen atoms in total. The number of rotatable bonds is 3. The number of ether oxygens (including phenoxy) is 1. The summed E-state index contributed by atoms with van der Waals surface area (Å²) < 4.78 is 6.38. The molecule has 5 aliphatic rings. The van der Waals surface area contributed by atoms with E-state index >= 15 is 0 Å². The number of nitrogens with two attached hydrogens (primary N) is 1. The van der Waals surface area contributed by atoms with Gasteiger partial charge in [-0.05, 0) is 103 Å². The second-order valence-electron chi connectivity index (χ2n) is 16.5. The highest BCUT2D eigenvalue weighted by Gasteiger charge is 2.72. The molecule has 6 rings (SSSR count). The lowest BCUT2D eigenvalue weighted by Gasteiger charge is -2.71. The van der Waals surface area contributed by atoms with E-state index in [1.165, 1.54) is 5.57 Å². The van der Waals surface area contributed by atoms with Gasteiger partial charge in [-0.3, -0.25) is 9.59 Å². The quantitative estimate of drug-likeness (QED) is 0.381. The number of ketones is 1. The number of para-hydroxylation sites is 1. The van der Waals surface area contributed by atoms with Crippen LogP contribution in [0.15, 0.2) is 42.0 Å². The fourth-order valence-corrected chi connectivity index (χ4v) is 11.2. The Labute approximate surface area is 246 Å². The van der Waals surface area contributed by atoms with Crippen molar-refractivity contribution in [3.8, 4) is 5.75 Å². The molecule has 0 saturated heterocycles. The molecule has 4 fully saturated rings. The number of benzene rings is 1. The summed E-state index contributed by atoms with van der Waals surface area (Å²) in [5.74, 6) is -0.343. The Balaban J connectivity index is 1.39. The van der Waals surface area contributed by atoms with Crippen molar-refractivity contribution in [2.24, 2.45) is 56.0 Å². The lowest BCUT2D eigenvalue weighted by Crippen LogP contribution is -2.69. The third-order valence-corrected chi connectivity index (χ3v) is 14.3. The highest BCUT2D eigenvalue weighted by Crippen LogP contribution is 2.75. The van der Waals surface area contributed by atoms with Gasteiger partial charge < -0.3 is 15.6 Å². The molecule has 3 N–H and O–H groups in total. The Morgan fingerprint density at radius 1 is 0.902 bits per heavy atom. The van der Waals surface area contributed by atoms with Gasteiger partial charge in [0.1, 0.15) is 5.75 Å². The summed E-state index contributed by atoms with van der Waals surface area (Å²) in [6.07, 6.45) is 9.92. The van der Waals surface area contributed by atoms with E-state index in [0.717, 1.165) is 51.4 Å². The zero-order chi connectivity index (χ0) is 29.9. The van der Waals surface area contributed by atoms with Crippen LogP contribution in [0, 0.1) is 50.2 Å². The van der Waals surface area contributed by atoms with Crippen LogP contribution in [0.2, 0.25) is 0 Å². The summed E-state index contributed by atoms with van der Waals surface area (Å²) in [5, 5.41) is 12.1. The van der Waals surface area contributed by atoms with Crippen LogP contribution in [0.3, 0.4) is 0 Å². The van der Waals surface area contributed by atoms with Gasteiger partial charge >= 0.3 is 0 Å². The highest BCUT2D eigenvalue weighted by molar-refractivity contribution is 5.95. The maximum Gasteiger partial charge on any atom is 0.223 e. The summed E-state index contributed by atoms with van der Waals surface area (Å²) in [7, 11) is 0. The van der Waals surface area contributed by atoms with Crippen LogP contribution in [-0.2, 0) is 9.59 Å². The minimum atomic E-state index is -1.30. The summed E-state index contributed by atoms with van der Waals surface area (Å²) in [4.78, 5) is 27.2. The molecule has 1 amide bonds. The number of primary amides is 1. The molecule has 41 heavy (non-hydrogen) atoms. The van der Waals surface area contributed by atoms with Crippen LogP contribution in [0.5, 0.6) is 5.75 Å². The van der Waals surface area contributed by atoms with E-state index in [-0.39, 0.29) is 51.1 Å². The molecule has 5 heteroatoms. The van der Waals surface area contributed by atoms with E-state index in [1.807, 2.05) is 43.3 Å². The van der Waals surface area contributed by atoms with Crippen molar-refractivity contribution < 1.29 is 19.4 Å². The second kappa shape index (κ2) is 8.71. The van der Waals surface area contributed by atoms with Gasteiger partial charge in [0.15, 0.2) is 5.78 Å². The third-order valence-electron chi connectivity index (χ3n) is 14.3. The first kappa shape index (κ1) is 29.0. The van der Waals surface area contributed by atoms with Crippen molar-refractivity contribution in [2.45, 2.75) is 112 Å². The number of carbonyl (C=O) groups is 2. The average molecular weight is 562 g/mol. The highest BCUT2D eigenvalue weighted by atomic mass is 16.6. The van der Waals surface area contributed by atoms with Gasteiger partial charge in [-0.2, -0.15) is 0 Å². The normalized spacial score (nSPS) is 48.5. The zero-order valence-electron chi connectivity index (χ0n) is 26.3. The molecule has 9 atom stereocenters. The molecule has 0 heterocycles. The van der Waals surface area contributed by atoms with Crippen LogP contribution in [0.1, 0.15) is 106 Å². The topological polar surface area (TPSA) is 89.6 Å². The van der Waals surface area contributed by atoms with Crippen LogP contribution in [0.25, 0.3) is 0 Å². The zero-order valence-corrected chi connectivity index (χ0v) is 26.3. The molecule has 5 aliphatic carbocycles. The number of fused-ring (bicyclic) bond motifs is 7. The number of carbonyl (C=O) groups excluding carboxylic acids is 2. The smallest absolute Gasteiger partial charge is 0.223 e. The molecular weight excluding hydrogens is 510 g/mol. The van der Waals surface area contributed by atoms with Crippen LogP contribution >= 0.6 is 0 Å². The molecule has 1 aromatic rings. The van der Waals surface area contributed by atoms with E-state index in [2.05, 4.69) is 41.5 Å². The van der Waals surface area contributed by atoms with Crippen molar-refractivity contribution >= 4 is 11.7 Å². The van der Waals surface area contributed by atoms with E-state index in [9.17, 15) is 14.7 Å². The van der Waals surface area contributed by atoms with Gasteiger partial charge in [0.05, 0.1) is 0 Å². The van der Waals surface area contributed by atoms with Gasteiger partial charge in [-0.25, -0.2) is 0 Å². The van der Waals surface area contributed by atoms with Crippen LogP contribution < -0.4 is 10.5 Å². The van der Waals surface area contributed by atoms with Crippen molar-refractivity contribution in [1.82, 2.24) is 0 Å². The first-order valence-electron chi connectivity index (χ1n) is 16.0. The Bertz CT molecular complexity index is 1300. The van der Waals surface area contributed by atoms with E-state index in [0.29, 0.717) is 12.2 Å². The Hall–Kier alpha value is -2.14. The average Bonchev–Trinajstić information content (AvgIpc) is 2.89. The lowest BCUT2D eigenvalue weighted by molar-refractivity contribution is -0.295. The van der Waals surface area contributed by atoms with Gasteiger partial charge in [-0.1, -0.05) is 72.2 Å². The summed E-state index contributed by atoms with van der Waals surface area (Å²) >= 11 is 0. The van der Waals surface area contributed by atoms with E-state index in [1.54, 1.807) is 0 Å². The van der Waals surface area contributed by atoms with Crippen molar-refractivity contribution in [3.63, 3.8) is 0 Å². The summed E-state index contributed by atoms with van der Waals surface area (Å²) in [5.41, 5.74) is 5.74. The number of hydrogen-bond donors (Lipinski definition) is 2. The number of amides is 1. The SMILES string of the molecule is CC1(C)C2CC[C@]3(C)[C@H](C(=O)C=C4[C@@H]5C[C@@](C)(C(N)=O)CC[C@]5(C)CC[C@]43C)[C@@]2(C)CC[C@]1(O)Oc1ccccc1. The Kier molecular flexibility index (Phi) is 6.15.